The van der Waals surface area contributed by atoms with Gasteiger partial charge in [0.2, 0.25) is 0 Å². The Balaban J connectivity index is 0.00000529. The average molecular weight is 327 g/mol. The van der Waals surface area contributed by atoms with E-state index in [9.17, 15) is 14.7 Å². The zero-order valence-corrected chi connectivity index (χ0v) is 14.6. The van der Waals surface area contributed by atoms with Crippen molar-refractivity contribution in [1.82, 2.24) is 5.32 Å². The number of benzene rings is 1. The molecule has 0 aliphatic carbocycles. The van der Waals surface area contributed by atoms with Crippen molar-refractivity contribution in [3.63, 3.8) is 0 Å². The molecule has 126 valence electrons. The van der Waals surface area contributed by atoms with Crippen molar-refractivity contribution < 1.29 is 43.0 Å². The van der Waals surface area contributed by atoms with Crippen LogP contribution in [0.1, 0.15) is 26.3 Å². The van der Waals surface area contributed by atoms with E-state index in [4.69, 9.17) is 9.47 Å². The largest absolute Gasteiger partial charge is 1.00 e. The van der Waals surface area contributed by atoms with Crippen LogP contribution in [-0.4, -0.2) is 30.3 Å². The average Bonchev–Trinajstić information content (AvgIpc) is 2.44. The number of nitrogens with one attached hydrogen (secondary N) is 1. The van der Waals surface area contributed by atoms with Crippen LogP contribution in [0.4, 0.5) is 4.79 Å². The van der Waals surface area contributed by atoms with Gasteiger partial charge in [-0.15, -0.1) is 5.75 Å². The predicted octanol–water partition coefficient (Wildman–Crippen LogP) is -1.07. The molecule has 0 heterocycles. The summed E-state index contributed by atoms with van der Waals surface area (Å²) in [5, 5.41) is 13.6. The van der Waals surface area contributed by atoms with Crippen molar-refractivity contribution in [3.05, 3.63) is 42.5 Å². The summed E-state index contributed by atoms with van der Waals surface area (Å²) in [4.78, 5) is 24.0. The fourth-order valence-electron chi connectivity index (χ4n) is 1.75. The quantitative estimate of drug-likeness (QED) is 0.408. The molecule has 0 saturated carbocycles. The molecule has 0 radical (unpaired) electrons. The van der Waals surface area contributed by atoms with Crippen LogP contribution in [0.2, 0.25) is 0 Å². The third kappa shape index (κ3) is 8.66. The summed E-state index contributed by atoms with van der Waals surface area (Å²) >= 11 is 0. The van der Waals surface area contributed by atoms with Gasteiger partial charge in [0.25, 0.3) is 0 Å². The molecule has 1 unspecified atom stereocenters. The monoisotopic (exact) mass is 327 g/mol. The van der Waals surface area contributed by atoms with Crippen LogP contribution in [0.3, 0.4) is 0 Å². The molecule has 0 aliphatic rings. The minimum absolute atomic E-state index is 0. The third-order valence-electron chi connectivity index (χ3n) is 2.68. The third-order valence-corrected chi connectivity index (χ3v) is 2.68. The molecule has 0 fully saturated rings. The zero-order valence-electron chi connectivity index (χ0n) is 14.6. The van der Waals surface area contributed by atoms with E-state index < -0.39 is 23.7 Å². The van der Waals surface area contributed by atoms with Gasteiger partial charge in [0.1, 0.15) is 18.2 Å². The Labute approximate surface area is 154 Å². The first-order valence-electron chi connectivity index (χ1n) is 7.24. The number of ether oxygens (including phenoxy) is 2. The Bertz CT molecular complexity index is 551. The van der Waals surface area contributed by atoms with E-state index in [2.05, 4.69) is 11.9 Å². The number of alkyl carbamates (subject to hydrolysis) is 1. The number of esters is 1. The van der Waals surface area contributed by atoms with Crippen LogP contribution in [0, 0.1) is 0 Å². The topological polar surface area (TPSA) is 87.7 Å². The van der Waals surface area contributed by atoms with Gasteiger partial charge in [-0.25, -0.2) is 9.59 Å². The molecule has 1 atom stereocenters. The smallest absolute Gasteiger partial charge is 0.872 e. The van der Waals surface area contributed by atoms with E-state index >= 15 is 0 Å². The minimum atomic E-state index is -0.915. The van der Waals surface area contributed by atoms with E-state index in [0.717, 1.165) is 5.56 Å². The standard InChI is InChI=1S/C17H23NO5.Li/c1-5-10-22-15(20)14(18-16(21)23-17(2,3)4)11-12-6-8-13(19)9-7-12;/h5-9,14,19H,1,10-11H2,2-4H3,(H,18,21);/q;+1/p-1. The normalized spacial score (nSPS) is 11.6. The SMILES string of the molecule is C=CCOC(=O)C(Cc1ccc([O-])cc1)NC(=O)OC(C)(C)C.[Li+]. The molecule has 1 aromatic carbocycles. The summed E-state index contributed by atoms with van der Waals surface area (Å²) < 4.78 is 10.1. The molecule has 24 heavy (non-hydrogen) atoms. The van der Waals surface area contributed by atoms with Crippen LogP contribution >= 0.6 is 0 Å². The van der Waals surface area contributed by atoms with Crippen molar-refractivity contribution in [2.24, 2.45) is 0 Å². The van der Waals surface area contributed by atoms with E-state index in [1.165, 1.54) is 18.2 Å². The van der Waals surface area contributed by atoms with Gasteiger partial charge in [0.15, 0.2) is 0 Å². The maximum atomic E-state index is 12.1. The number of rotatable bonds is 6. The van der Waals surface area contributed by atoms with Gasteiger partial charge >= 0.3 is 30.9 Å². The van der Waals surface area contributed by atoms with Crippen molar-refractivity contribution in [2.75, 3.05) is 6.61 Å². The first-order valence-corrected chi connectivity index (χ1v) is 7.24. The molecular weight excluding hydrogens is 305 g/mol. The molecule has 7 heteroatoms. The summed E-state index contributed by atoms with van der Waals surface area (Å²) in [7, 11) is 0. The van der Waals surface area contributed by atoms with Crippen molar-refractivity contribution in [3.8, 4) is 5.75 Å². The first kappa shape index (κ1) is 22.1. The second kappa shape index (κ2) is 10.1. The van der Waals surface area contributed by atoms with Crippen LogP contribution in [-0.2, 0) is 20.7 Å². The molecule has 0 saturated heterocycles. The van der Waals surface area contributed by atoms with Gasteiger partial charge in [-0.05, 0) is 26.3 Å². The Morgan fingerprint density at radius 1 is 1.29 bits per heavy atom. The Hall–Kier alpha value is -1.90. The van der Waals surface area contributed by atoms with Crippen molar-refractivity contribution in [1.29, 1.82) is 0 Å². The van der Waals surface area contributed by atoms with E-state index in [1.807, 2.05) is 0 Å². The first-order chi connectivity index (χ1) is 10.7. The molecule has 1 N–H and O–H groups in total. The summed E-state index contributed by atoms with van der Waals surface area (Å²) in [6.07, 6.45) is 0.919. The van der Waals surface area contributed by atoms with E-state index in [0.29, 0.717) is 0 Å². The number of carbonyl (C=O) groups excluding carboxylic acids is 2. The van der Waals surface area contributed by atoms with Gasteiger partial charge in [-0.1, -0.05) is 36.9 Å². The van der Waals surface area contributed by atoms with Crippen LogP contribution in [0.5, 0.6) is 5.75 Å². The summed E-state index contributed by atoms with van der Waals surface area (Å²) in [5.41, 5.74) is 0.0466. The summed E-state index contributed by atoms with van der Waals surface area (Å²) in [6.45, 7) is 8.70. The van der Waals surface area contributed by atoms with Gasteiger partial charge in [0.05, 0.1) is 0 Å². The molecule has 0 aromatic heterocycles. The number of amides is 1. The predicted molar refractivity (Wildman–Crippen MR) is 83.9 cm³/mol. The fourth-order valence-corrected chi connectivity index (χ4v) is 1.75. The van der Waals surface area contributed by atoms with Gasteiger partial charge in [0, 0.05) is 6.42 Å². The molecule has 1 amide bonds. The second-order valence-electron chi connectivity index (χ2n) is 5.97. The summed E-state index contributed by atoms with van der Waals surface area (Å²) in [5.74, 6) is -0.721. The zero-order chi connectivity index (χ0) is 17.5. The van der Waals surface area contributed by atoms with Crippen molar-refractivity contribution in [2.45, 2.75) is 38.8 Å². The number of hydrogen-bond donors (Lipinski definition) is 1. The van der Waals surface area contributed by atoms with Gasteiger partial charge in [-0.3, -0.25) is 0 Å². The fraction of sp³-hybridized carbons (Fsp3) is 0.412. The number of hydrogen-bond acceptors (Lipinski definition) is 5. The second-order valence-corrected chi connectivity index (χ2v) is 5.97. The molecule has 0 aliphatic heterocycles. The van der Waals surface area contributed by atoms with E-state index in [-0.39, 0.29) is 37.6 Å². The molecule has 0 spiro atoms. The summed E-state index contributed by atoms with van der Waals surface area (Å²) in [6, 6.07) is 5.09. The molecular formula is C17H22LiNO5. The molecule has 1 aromatic rings. The Morgan fingerprint density at radius 2 is 1.88 bits per heavy atom. The van der Waals surface area contributed by atoms with Crippen LogP contribution in [0.25, 0.3) is 0 Å². The van der Waals surface area contributed by atoms with Gasteiger partial charge in [-0.2, -0.15) is 0 Å². The maximum Gasteiger partial charge on any atom is 1.00 e. The molecule has 0 bridgehead atoms. The molecule has 6 nitrogen and oxygen atoms in total. The Kier molecular flexibility index (Phi) is 9.27. The van der Waals surface area contributed by atoms with E-state index in [1.54, 1.807) is 32.9 Å². The molecule has 1 rings (SSSR count). The minimum Gasteiger partial charge on any atom is -0.872 e. The van der Waals surface area contributed by atoms with Crippen LogP contribution < -0.4 is 29.3 Å². The van der Waals surface area contributed by atoms with Crippen molar-refractivity contribution >= 4 is 12.1 Å². The number of carbonyl (C=O) groups is 2. The Morgan fingerprint density at radius 3 is 2.38 bits per heavy atom. The van der Waals surface area contributed by atoms with Crippen LogP contribution in [0.15, 0.2) is 36.9 Å². The maximum absolute atomic E-state index is 12.1. The van der Waals surface area contributed by atoms with Gasteiger partial charge < -0.3 is 19.9 Å².